The Morgan fingerprint density at radius 1 is 0.767 bits per heavy atom. The van der Waals surface area contributed by atoms with Crippen molar-refractivity contribution in [1.82, 2.24) is 24.8 Å². The Kier molecular flexibility index (Phi) is 25.5. The normalized spacial score (nSPS) is 15.6. The van der Waals surface area contributed by atoms with Crippen molar-refractivity contribution in [3.63, 3.8) is 0 Å². The van der Waals surface area contributed by atoms with Crippen LogP contribution in [0, 0.1) is 11.8 Å². The van der Waals surface area contributed by atoms with E-state index in [9.17, 15) is 36.0 Å². The van der Waals surface area contributed by atoms with E-state index < -0.39 is 22.6 Å². The summed E-state index contributed by atoms with van der Waals surface area (Å²) in [6.45, 7) is 6.45. The van der Waals surface area contributed by atoms with Crippen LogP contribution in [0.1, 0.15) is 74.3 Å². The molecular weight excluding hydrogens is 1190 g/mol. The van der Waals surface area contributed by atoms with E-state index in [1.807, 2.05) is 13.0 Å². The summed E-state index contributed by atoms with van der Waals surface area (Å²) in [6, 6.07) is 16.2. The number of sulfone groups is 1. The number of carbonyl (C=O) groups is 3. The first-order valence-corrected chi connectivity index (χ1v) is 32.3. The number of fused-ring (bicyclic) bond motifs is 2. The first kappa shape index (κ1) is 68.5. The number of nitrogens with zero attached hydrogens (tertiary/aromatic N) is 6. The minimum Gasteiger partial charge on any atom is -0.495 e. The Morgan fingerprint density at radius 2 is 1.39 bits per heavy atom. The summed E-state index contributed by atoms with van der Waals surface area (Å²) in [4.78, 5) is 54.5. The molecule has 2 aliphatic heterocycles. The quantitative estimate of drug-likeness (QED) is 0.0231. The van der Waals surface area contributed by atoms with E-state index in [2.05, 4.69) is 43.0 Å². The Morgan fingerprint density at radius 3 is 2.01 bits per heavy atom. The minimum atomic E-state index is -4.50. The molecule has 1 saturated carbocycles. The van der Waals surface area contributed by atoms with Crippen LogP contribution < -0.4 is 40.5 Å². The molecule has 23 nitrogen and oxygen atoms in total. The summed E-state index contributed by atoms with van der Waals surface area (Å²) in [7, 11) is 1.24. The molecule has 2 fully saturated rings. The minimum absolute atomic E-state index is 0.0139. The highest BCUT2D eigenvalue weighted by Gasteiger charge is 2.41. The lowest BCUT2D eigenvalue weighted by Gasteiger charge is -2.43. The second kappa shape index (κ2) is 33.6. The second-order valence-electron chi connectivity index (χ2n) is 21.8. The van der Waals surface area contributed by atoms with Gasteiger partial charge in [-0.2, -0.15) is 18.2 Å². The summed E-state index contributed by atoms with van der Waals surface area (Å²) in [5.41, 5.74) is 3.39. The number of likely N-dealkylation sites (tertiary alicyclic amines) is 1. The lowest BCUT2D eigenvalue weighted by Crippen LogP contribution is -2.55. The average Bonchev–Trinajstić information content (AvgIpc) is 1.69. The number of anilines is 6. The maximum Gasteiger partial charge on any atom is 0.406 e. The van der Waals surface area contributed by atoms with E-state index in [1.165, 1.54) is 26.4 Å². The van der Waals surface area contributed by atoms with E-state index >= 15 is 0 Å². The molecule has 3 aliphatic rings. The maximum absolute atomic E-state index is 13.9. The highest BCUT2D eigenvalue weighted by atomic mass is 32.2. The second-order valence-corrected chi connectivity index (χ2v) is 23.9. The topological polar surface area (TPSA) is 248 Å². The molecule has 0 unspecified atom stereocenters. The molecule has 4 heterocycles. The Hall–Kier alpha value is -7.45. The largest absolute Gasteiger partial charge is 0.495 e. The van der Waals surface area contributed by atoms with Gasteiger partial charge in [0.25, 0.3) is 5.91 Å². The molecule has 90 heavy (non-hydrogen) atoms. The lowest BCUT2D eigenvalue weighted by molar-refractivity contribution is -0.140. The zero-order valence-corrected chi connectivity index (χ0v) is 52.6. The number of alkyl halides is 3. The molecule has 1 aliphatic carbocycles. The van der Waals surface area contributed by atoms with Gasteiger partial charge in [-0.25, -0.2) is 13.4 Å². The van der Waals surface area contributed by atoms with Gasteiger partial charge in [-0.15, -0.1) is 0 Å². The molecular formula is C63H83F3N10O13S. The van der Waals surface area contributed by atoms with Gasteiger partial charge >= 0.3 is 6.18 Å². The Labute approximate surface area is 523 Å². The molecule has 3 amide bonds. The number of nitrogens with one attached hydrogen (secondary N) is 4. The molecule has 2 aromatic heterocycles. The highest BCUT2D eigenvalue weighted by Crippen LogP contribution is 2.41. The third-order valence-electron chi connectivity index (χ3n) is 15.6. The third-order valence-corrected chi connectivity index (χ3v) is 16.8. The number of rotatable bonds is 34. The van der Waals surface area contributed by atoms with Crippen molar-refractivity contribution in [2.45, 2.75) is 94.0 Å². The van der Waals surface area contributed by atoms with Crippen LogP contribution in [0.15, 0.2) is 71.8 Å². The van der Waals surface area contributed by atoms with Crippen LogP contribution in [-0.4, -0.2) is 203 Å². The van der Waals surface area contributed by atoms with Crippen LogP contribution in [0.4, 0.5) is 47.7 Å². The van der Waals surface area contributed by atoms with E-state index in [1.54, 1.807) is 65.5 Å². The van der Waals surface area contributed by atoms with Crippen LogP contribution in [-0.2, 0) is 54.4 Å². The molecule has 0 radical (unpaired) electrons. The van der Waals surface area contributed by atoms with Crippen LogP contribution in [0.25, 0.3) is 10.9 Å². The number of ether oxygens (including phenoxy) is 8. The molecule has 4 N–H and O–H groups in total. The Bertz CT molecular complexity index is 3370. The monoisotopic (exact) mass is 1280 g/mol. The van der Waals surface area contributed by atoms with Gasteiger partial charge in [-0.3, -0.25) is 14.4 Å². The SMILES string of the molecule is CC[C@@H]1C(=O)N(C)c2cnc(Nc3ccc(C(=O)NCCOCCOCCOCCOCCOCCOCCC(=O)N4CCC(Nc5cccc6c5cc(C#CCNc5ccc(S(C)(=O)=O)cc5OC)n6CC(F)(F)F)CC4)cc3OC)nc2N1C1CCCC1. The molecule has 5 aromatic rings. The van der Waals surface area contributed by atoms with Crippen molar-refractivity contribution in [1.29, 1.82) is 0 Å². The van der Waals surface area contributed by atoms with E-state index in [0.717, 1.165) is 42.3 Å². The fraction of sp³-hybridized carbons (Fsp3) is 0.540. The van der Waals surface area contributed by atoms with Gasteiger partial charge in [0.1, 0.15) is 29.8 Å². The standard InChI is InChI=1S/C63H83F3N10O13S/c1-6-53-61(79)73(2)55-42-69-62(72-59(55)76(53)46-11-7-8-12-46)71-52-18-16-44(39-56(52)82-3)60(78)68-24-28-85-30-32-87-34-36-89-38-37-88-35-33-86-31-29-84-27-22-58(77)74-25-20-45(21-26-74)70-50-14-9-15-54-49(50)40-47(75(54)43-63(64,65)66)13-10-23-67-51-19-17-48(90(5,80)81)41-57(51)83-4/h9,14-19,39-42,45-46,53,67,70H,6-8,11-12,20-38,43H2,1-5H3,(H,68,78)(H,69,71,72)/t53-/m1/s1. The van der Waals surface area contributed by atoms with E-state index in [4.69, 9.17) is 42.9 Å². The summed E-state index contributed by atoms with van der Waals surface area (Å²) >= 11 is 0. The van der Waals surface area contributed by atoms with Gasteiger partial charge in [0.05, 0.1) is 140 Å². The van der Waals surface area contributed by atoms with Crippen molar-refractivity contribution in [3.05, 3.63) is 78.1 Å². The predicted octanol–water partition coefficient (Wildman–Crippen LogP) is 7.45. The fourth-order valence-corrected chi connectivity index (χ4v) is 11.7. The average molecular weight is 1280 g/mol. The van der Waals surface area contributed by atoms with Gasteiger partial charge in [-0.1, -0.05) is 31.8 Å². The van der Waals surface area contributed by atoms with E-state index in [0.29, 0.717) is 162 Å². The van der Waals surface area contributed by atoms with Crippen LogP contribution >= 0.6 is 0 Å². The first-order chi connectivity index (χ1) is 43.5. The van der Waals surface area contributed by atoms with Crippen LogP contribution in [0.5, 0.6) is 11.5 Å². The van der Waals surface area contributed by atoms with Gasteiger partial charge < -0.3 is 78.4 Å². The number of aromatic nitrogens is 3. The van der Waals surface area contributed by atoms with Crippen molar-refractivity contribution in [2.24, 2.45) is 0 Å². The Balaban J connectivity index is 0.615. The zero-order valence-electron chi connectivity index (χ0n) is 51.8. The third kappa shape index (κ3) is 19.3. The fourth-order valence-electron chi connectivity index (χ4n) is 11.0. The summed E-state index contributed by atoms with van der Waals surface area (Å²) in [5.74, 6) is 7.35. The molecule has 8 rings (SSSR count). The number of benzene rings is 3. The molecule has 0 spiro atoms. The summed E-state index contributed by atoms with van der Waals surface area (Å²) < 4.78 is 111. The molecule has 1 saturated heterocycles. The maximum atomic E-state index is 13.9. The number of piperidine rings is 1. The van der Waals surface area contributed by atoms with Gasteiger partial charge in [0.2, 0.25) is 17.8 Å². The number of hydrogen-bond donors (Lipinski definition) is 4. The number of amides is 3. The molecule has 27 heteroatoms. The van der Waals surface area contributed by atoms with Gasteiger partial charge in [0, 0.05) is 67.7 Å². The highest BCUT2D eigenvalue weighted by molar-refractivity contribution is 7.90. The number of halogens is 3. The smallest absolute Gasteiger partial charge is 0.406 e. The van der Waals surface area contributed by atoms with Crippen molar-refractivity contribution in [3.8, 4) is 23.3 Å². The van der Waals surface area contributed by atoms with Crippen LogP contribution in [0.2, 0.25) is 0 Å². The van der Waals surface area contributed by atoms with E-state index in [-0.39, 0.29) is 71.8 Å². The first-order valence-electron chi connectivity index (χ1n) is 30.4. The summed E-state index contributed by atoms with van der Waals surface area (Å²) in [5, 5.41) is 13.3. The van der Waals surface area contributed by atoms with Gasteiger partial charge in [0.15, 0.2) is 15.7 Å². The number of methoxy groups -OCH3 is 2. The number of carbonyl (C=O) groups excluding carboxylic acids is 3. The van der Waals surface area contributed by atoms with Crippen molar-refractivity contribution < 1.29 is 73.9 Å². The van der Waals surface area contributed by atoms with Crippen molar-refractivity contribution >= 4 is 73.0 Å². The van der Waals surface area contributed by atoms with Crippen molar-refractivity contribution in [2.75, 3.05) is 159 Å². The molecule has 3 aromatic carbocycles. The zero-order chi connectivity index (χ0) is 64.0. The molecule has 0 bridgehead atoms. The summed E-state index contributed by atoms with van der Waals surface area (Å²) in [6.07, 6.45) is 4.75. The number of hydrogen-bond acceptors (Lipinski definition) is 19. The van der Waals surface area contributed by atoms with Gasteiger partial charge in [-0.05, 0) is 86.6 Å². The number of likely N-dealkylation sites (N-methyl/N-ethyl adjacent to an activating group) is 1. The lowest BCUT2D eigenvalue weighted by atomic mass is 10.0. The van der Waals surface area contributed by atoms with Crippen LogP contribution in [0.3, 0.4) is 0 Å². The molecule has 1 atom stereocenters. The molecule has 490 valence electrons. The predicted molar refractivity (Wildman–Crippen MR) is 335 cm³/mol.